The number of nitrogens with zero attached hydrogens (tertiary/aromatic N) is 1. The fourth-order valence-corrected chi connectivity index (χ4v) is 4.69. The van der Waals surface area contributed by atoms with Crippen LogP contribution in [0, 0.1) is 12.7 Å². The highest BCUT2D eigenvalue weighted by molar-refractivity contribution is 7.89. The molecular formula is C19H20FNO4S. The average molecular weight is 377 g/mol. The first kappa shape index (κ1) is 18.5. The lowest BCUT2D eigenvalue weighted by Gasteiger charge is -2.23. The second kappa shape index (κ2) is 7.55. The highest BCUT2D eigenvalue weighted by Gasteiger charge is 2.41. The number of hydrogen-bond acceptors (Lipinski definition) is 4. The van der Waals surface area contributed by atoms with Crippen LogP contribution in [0.5, 0.6) is 0 Å². The Hall–Kier alpha value is -2.25. The quantitative estimate of drug-likeness (QED) is 0.752. The summed E-state index contributed by atoms with van der Waals surface area (Å²) < 4.78 is 45.8. The Morgan fingerprint density at radius 3 is 2.58 bits per heavy atom. The Morgan fingerprint density at radius 1 is 1.19 bits per heavy atom. The van der Waals surface area contributed by atoms with Gasteiger partial charge in [0.15, 0.2) is 0 Å². The van der Waals surface area contributed by atoms with E-state index in [2.05, 4.69) is 0 Å². The van der Waals surface area contributed by atoms with Gasteiger partial charge >= 0.3 is 5.97 Å². The number of esters is 1. The second-order valence-electron chi connectivity index (χ2n) is 6.30. The lowest BCUT2D eigenvalue weighted by Crippen LogP contribution is -2.41. The summed E-state index contributed by atoms with van der Waals surface area (Å²) in [5, 5.41) is 0. The molecule has 0 bridgehead atoms. The predicted octanol–water partition coefficient (Wildman–Crippen LogP) is 3.03. The van der Waals surface area contributed by atoms with Gasteiger partial charge in [-0.15, -0.1) is 0 Å². The molecule has 5 nitrogen and oxygen atoms in total. The van der Waals surface area contributed by atoms with Gasteiger partial charge in [0, 0.05) is 6.54 Å². The van der Waals surface area contributed by atoms with Crippen LogP contribution in [0.4, 0.5) is 4.39 Å². The fraction of sp³-hybridized carbons (Fsp3) is 0.316. The van der Waals surface area contributed by atoms with Crippen molar-refractivity contribution >= 4 is 16.0 Å². The Bertz CT molecular complexity index is 896. The molecule has 0 spiro atoms. The topological polar surface area (TPSA) is 63.7 Å². The molecule has 0 aromatic heterocycles. The van der Waals surface area contributed by atoms with Crippen molar-refractivity contribution in [3.05, 3.63) is 65.5 Å². The van der Waals surface area contributed by atoms with E-state index in [0.29, 0.717) is 12.8 Å². The van der Waals surface area contributed by atoms with E-state index in [-0.39, 0.29) is 13.2 Å². The fourth-order valence-electron chi connectivity index (χ4n) is 2.98. The van der Waals surface area contributed by atoms with Crippen LogP contribution < -0.4 is 0 Å². The van der Waals surface area contributed by atoms with Crippen LogP contribution in [0.25, 0.3) is 0 Å². The van der Waals surface area contributed by atoms with Gasteiger partial charge in [0.1, 0.15) is 23.4 Å². The minimum atomic E-state index is -4.09. The van der Waals surface area contributed by atoms with E-state index in [1.807, 2.05) is 31.2 Å². The van der Waals surface area contributed by atoms with Gasteiger partial charge in [0.25, 0.3) is 0 Å². The smallest absolute Gasteiger partial charge is 0.324 e. The van der Waals surface area contributed by atoms with Gasteiger partial charge in [-0.2, -0.15) is 4.31 Å². The lowest BCUT2D eigenvalue weighted by atomic mass is 10.2. The molecule has 1 aliphatic rings. The number of sulfonamides is 1. The van der Waals surface area contributed by atoms with Crippen molar-refractivity contribution in [3.63, 3.8) is 0 Å². The van der Waals surface area contributed by atoms with E-state index in [4.69, 9.17) is 4.74 Å². The van der Waals surface area contributed by atoms with Crippen molar-refractivity contribution in [1.29, 1.82) is 0 Å². The van der Waals surface area contributed by atoms with Crippen molar-refractivity contribution in [2.24, 2.45) is 0 Å². The third kappa shape index (κ3) is 3.78. The minimum Gasteiger partial charge on any atom is -0.460 e. The Morgan fingerprint density at radius 2 is 1.88 bits per heavy atom. The molecule has 3 rings (SSSR count). The molecule has 138 valence electrons. The summed E-state index contributed by atoms with van der Waals surface area (Å²) in [7, 11) is -4.09. The number of carbonyl (C=O) groups excluding carboxylic acids is 1. The van der Waals surface area contributed by atoms with Crippen LogP contribution in [0.2, 0.25) is 0 Å². The van der Waals surface area contributed by atoms with Gasteiger partial charge in [-0.1, -0.05) is 42.0 Å². The van der Waals surface area contributed by atoms with Crippen molar-refractivity contribution in [2.75, 3.05) is 6.54 Å². The van der Waals surface area contributed by atoms with Gasteiger partial charge in [-0.05, 0) is 37.5 Å². The number of carbonyl (C=O) groups is 1. The van der Waals surface area contributed by atoms with E-state index in [9.17, 15) is 17.6 Å². The molecular weight excluding hydrogens is 357 g/mol. The van der Waals surface area contributed by atoms with Crippen LogP contribution >= 0.6 is 0 Å². The Kier molecular flexibility index (Phi) is 5.38. The van der Waals surface area contributed by atoms with Crippen molar-refractivity contribution < 1.29 is 22.3 Å². The molecule has 1 aliphatic heterocycles. The Labute approximate surface area is 152 Å². The van der Waals surface area contributed by atoms with Crippen LogP contribution in [0.15, 0.2) is 53.4 Å². The molecule has 0 radical (unpaired) electrons. The molecule has 2 aromatic rings. The second-order valence-corrected chi connectivity index (χ2v) is 8.16. The van der Waals surface area contributed by atoms with Crippen LogP contribution in [0.3, 0.4) is 0 Å². The lowest BCUT2D eigenvalue weighted by molar-refractivity contribution is -0.148. The first-order valence-electron chi connectivity index (χ1n) is 8.38. The summed E-state index contributed by atoms with van der Waals surface area (Å²) in [5.74, 6) is -1.44. The molecule has 1 heterocycles. The van der Waals surface area contributed by atoms with Gasteiger partial charge in [-0.3, -0.25) is 4.79 Å². The molecule has 0 aliphatic carbocycles. The zero-order valence-corrected chi connectivity index (χ0v) is 15.2. The van der Waals surface area contributed by atoms with Crippen molar-refractivity contribution in [2.45, 2.75) is 37.3 Å². The summed E-state index contributed by atoms with van der Waals surface area (Å²) in [6.07, 6.45) is 0.887. The van der Waals surface area contributed by atoms with E-state index in [1.165, 1.54) is 18.2 Å². The molecule has 1 saturated heterocycles. The molecule has 0 N–H and O–H groups in total. The minimum absolute atomic E-state index is 0.0726. The average Bonchev–Trinajstić information content (AvgIpc) is 3.12. The zero-order valence-electron chi connectivity index (χ0n) is 14.4. The van der Waals surface area contributed by atoms with Crippen LogP contribution in [0.1, 0.15) is 24.0 Å². The van der Waals surface area contributed by atoms with Gasteiger partial charge < -0.3 is 4.74 Å². The molecule has 26 heavy (non-hydrogen) atoms. The predicted molar refractivity (Wildman–Crippen MR) is 94.3 cm³/mol. The van der Waals surface area contributed by atoms with E-state index >= 15 is 0 Å². The number of aryl methyl sites for hydroxylation is 1. The molecule has 0 unspecified atom stereocenters. The van der Waals surface area contributed by atoms with Crippen LogP contribution in [-0.4, -0.2) is 31.3 Å². The largest absolute Gasteiger partial charge is 0.460 e. The maximum absolute atomic E-state index is 13.9. The summed E-state index contributed by atoms with van der Waals surface area (Å²) in [5.41, 5.74) is 1.92. The molecule has 1 atom stereocenters. The molecule has 0 amide bonds. The molecule has 7 heteroatoms. The van der Waals surface area contributed by atoms with Gasteiger partial charge in [0.05, 0.1) is 0 Å². The SMILES string of the molecule is Cc1ccc(COC(=O)[C@@H]2CCCN2S(=O)(=O)c2ccccc2F)cc1. The first-order valence-corrected chi connectivity index (χ1v) is 9.82. The third-order valence-corrected chi connectivity index (χ3v) is 6.34. The summed E-state index contributed by atoms with van der Waals surface area (Å²) >= 11 is 0. The standard InChI is InChI=1S/C19H20FNO4S/c1-14-8-10-15(11-9-14)13-25-19(22)17-6-4-12-21(17)26(23,24)18-7-3-2-5-16(18)20/h2-3,5,7-11,17H,4,6,12-13H2,1H3/t17-/m0/s1. The number of hydrogen-bond donors (Lipinski definition) is 0. The molecule has 0 saturated carbocycles. The summed E-state index contributed by atoms with van der Waals surface area (Å²) in [6, 6.07) is 11.8. The Balaban J connectivity index is 1.74. The zero-order chi connectivity index (χ0) is 18.7. The highest BCUT2D eigenvalue weighted by atomic mass is 32.2. The number of halogens is 1. The van der Waals surface area contributed by atoms with E-state index in [1.54, 1.807) is 0 Å². The maximum Gasteiger partial charge on any atom is 0.324 e. The van der Waals surface area contributed by atoms with E-state index < -0.39 is 32.7 Å². The third-order valence-electron chi connectivity index (χ3n) is 4.40. The normalized spacial score (nSPS) is 18.0. The van der Waals surface area contributed by atoms with Crippen molar-refractivity contribution in [1.82, 2.24) is 4.31 Å². The summed E-state index contributed by atoms with van der Waals surface area (Å²) in [6.45, 7) is 2.20. The first-order chi connectivity index (χ1) is 12.4. The van der Waals surface area contributed by atoms with Crippen molar-refractivity contribution in [3.8, 4) is 0 Å². The highest BCUT2D eigenvalue weighted by Crippen LogP contribution is 2.28. The molecule has 2 aromatic carbocycles. The number of ether oxygens (including phenoxy) is 1. The number of benzene rings is 2. The van der Waals surface area contributed by atoms with E-state index in [0.717, 1.165) is 21.5 Å². The van der Waals surface area contributed by atoms with Gasteiger partial charge in [-0.25, -0.2) is 12.8 Å². The summed E-state index contributed by atoms with van der Waals surface area (Å²) in [4.78, 5) is 12.0. The monoisotopic (exact) mass is 377 g/mol. The molecule has 1 fully saturated rings. The maximum atomic E-state index is 13.9. The van der Waals surface area contributed by atoms with Gasteiger partial charge in [0.2, 0.25) is 10.0 Å². The number of rotatable bonds is 5. The van der Waals surface area contributed by atoms with Crippen LogP contribution in [-0.2, 0) is 26.2 Å².